The molecule has 0 spiro atoms. The van der Waals surface area contributed by atoms with Crippen molar-refractivity contribution < 1.29 is 21.6 Å². The zero-order valence-electron chi connectivity index (χ0n) is 10.2. The van der Waals surface area contributed by atoms with Crippen molar-refractivity contribution in [2.24, 2.45) is 0 Å². The molecular formula is C12H9F3N2O2S. The summed E-state index contributed by atoms with van der Waals surface area (Å²) >= 11 is 0. The maximum Gasteiger partial charge on any atom is 0.282 e. The van der Waals surface area contributed by atoms with Crippen molar-refractivity contribution in [2.45, 2.75) is 11.9 Å². The van der Waals surface area contributed by atoms with Crippen LogP contribution in [0.25, 0.3) is 0 Å². The fourth-order valence-electron chi connectivity index (χ4n) is 1.49. The Bertz CT molecular complexity index is 763. The molecule has 0 unspecified atom stereocenters. The smallest absolute Gasteiger partial charge is 0.275 e. The van der Waals surface area contributed by atoms with Crippen LogP contribution >= 0.6 is 0 Å². The van der Waals surface area contributed by atoms with Gasteiger partial charge >= 0.3 is 0 Å². The van der Waals surface area contributed by atoms with E-state index in [9.17, 15) is 21.6 Å². The first kappa shape index (κ1) is 14.3. The third kappa shape index (κ3) is 2.74. The van der Waals surface area contributed by atoms with Crippen molar-refractivity contribution in [3.05, 3.63) is 53.5 Å². The van der Waals surface area contributed by atoms with Gasteiger partial charge in [0, 0.05) is 12.3 Å². The van der Waals surface area contributed by atoms with E-state index in [0.717, 1.165) is 18.3 Å². The highest BCUT2D eigenvalue weighted by atomic mass is 32.2. The van der Waals surface area contributed by atoms with Gasteiger partial charge in [0.25, 0.3) is 10.0 Å². The molecule has 2 rings (SSSR count). The van der Waals surface area contributed by atoms with Crippen LogP contribution in [0.1, 0.15) is 5.56 Å². The summed E-state index contributed by atoms with van der Waals surface area (Å²) in [5, 5.41) is -0.889. The Labute approximate surface area is 113 Å². The van der Waals surface area contributed by atoms with Gasteiger partial charge in [-0.25, -0.2) is 18.2 Å². The molecule has 0 saturated heterocycles. The molecule has 1 heterocycles. The van der Waals surface area contributed by atoms with Gasteiger partial charge in [-0.2, -0.15) is 8.42 Å². The Morgan fingerprint density at radius 2 is 1.80 bits per heavy atom. The maximum absolute atomic E-state index is 13.6. The lowest BCUT2D eigenvalue weighted by atomic mass is 10.2. The molecule has 0 fully saturated rings. The largest absolute Gasteiger partial charge is 0.282 e. The summed E-state index contributed by atoms with van der Waals surface area (Å²) in [6.07, 6.45) is 1.07. The lowest BCUT2D eigenvalue weighted by Gasteiger charge is -2.09. The minimum Gasteiger partial charge on any atom is -0.275 e. The van der Waals surface area contributed by atoms with E-state index in [4.69, 9.17) is 0 Å². The van der Waals surface area contributed by atoms with Gasteiger partial charge in [-0.3, -0.25) is 4.72 Å². The molecule has 0 aliphatic rings. The van der Waals surface area contributed by atoms with E-state index in [-0.39, 0.29) is 5.56 Å². The minimum atomic E-state index is -4.44. The number of sulfonamides is 1. The van der Waals surface area contributed by atoms with E-state index in [1.165, 1.54) is 13.0 Å². The molecule has 106 valence electrons. The van der Waals surface area contributed by atoms with Gasteiger partial charge in [0.1, 0.15) is 11.6 Å². The van der Waals surface area contributed by atoms with Crippen LogP contribution in [0, 0.1) is 24.4 Å². The number of aryl methyl sites for hydroxylation is 1. The molecule has 1 aromatic heterocycles. The molecule has 0 amide bonds. The minimum absolute atomic E-state index is 0.0227. The number of hydrogen-bond acceptors (Lipinski definition) is 3. The fourth-order valence-corrected chi connectivity index (χ4v) is 2.55. The first-order valence-corrected chi connectivity index (χ1v) is 6.88. The van der Waals surface area contributed by atoms with Gasteiger partial charge in [-0.05, 0) is 30.7 Å². The molecule has 0 aliphatic heterocycles. The van der Waals surface area contributed by atoms with Gasteiger partial charge in [0.15, 0.2) is 5.82 Å². The lowest BCUT2D eigenvalue weighted by Crippen LogP contribution is -2.17. The molecule has 4 nitrogen and oxygen atoms in total. The highest BCUT2D eigenvalue weighted by molar-refractivity contribution is 7.92. The SMILES string of the molecule is Cc1cc(F)c(NS(=O)(=O)c2ncccc2F)cc1F. The molecule has 8 heteroatoms. The average molecular weight is 302 g/mol. The number of hydrogen-bond donors (Lipinski definition) is 1. The number of halogens is 3. The van der Waals surface area contributed by atoms with Gasteiger partial charge in [-0.1, -0.05) is 0 Å². The molecule has 2 aromatic rings. The van der Waals surface area contributed by atoms with E-state index in [1.807, 2.05) is 0 Å². The van der Waals surface area contributed by atoms with Gasteiger partial charge in [0.05, 0.1) is 5.69 Å². The molecule has 1 N–H and O–H groups in total. The van der Waals surface area contributed by atoms with Crippen LogP contribution in [0.2, 0.25) is 0 Å². The second-order valence-electron chi connectivity index (χ2n) is 3.98. The summed E-state index contributed by atoms with van der Waals surface area (Å²) in [7, 11) is -4.44. The van der Waals surface area contributed by atoms with Gasteiger partial charge in [0.2, 0.25) is 5.03 Å². The molecule has 0 atom stereocenters. The van der Waals surface area contributed by atoms with Crippen molar-refractivity contribution in [3.8, 4) is 0 Å². The van der Waals surface area contributed by atoms with Crippen molar-refractivity contribution in [2.75, 3.05) is 4.72 Å². The summed E-state index contributed by atoms with van der Waals surface area (Å²) in [5.74, 6) is -2.85. The fraction of sp³-hybridized carbons (Fsp3) is 0.0833. The van der Waals surface area contributed by atoms with E-state index in [0.29, 0.717) is 6.07 Å². The topological polar surface area (TPSA) is 59.1 Å². The van der Waals surface area contributed by atoms with Crippen molar-refractivity contribution >= 4 is 15.7 Å². The van der Waals surface area contributed by atoms with Crippen LogP contribution in [-0.4, -0.2) is 13.4 Å². The first-order valence-electron chi connectivity index (χ1n) is 5.40. The van der Waals surface area contributed by atoms with E-state index in [2.05, 4.69) is 4.98 Å². The summed E-state index contributed by atoms with van der Waals surface area (Å²) in [4.78, 5) is 3.37. The first-order chi connectivity index (χ1) is 9.31. The number of pyridine rings is 1. The predicted octanol–water partition coefficient (Wildman–Crippen LogP) is 2.61. The molecular weight excluding hydrogens is 293 g/mol. The maximum atomic E-state index is 13.6. The van der Waals surface area contributed by atoms with Crippen LogP contribution in [0.5, 0.6) is 0 Å². The Kier molecular flexibility index (Phi) is 3.67. The normalized spacial score (nSPS) is 11.4. The Hall–Kier alpha value is -2.09. The zero-order chi connectivity index (χ0) is 14.9. The molecule has 0 aliphatic carbocycles. The molecule has 1 aromatic carbocycles. The van der Waals surface area contributed by atoms with Crippen molar-refractivity contribution in [1.82, 2.24) is 4.98 Å². The van der Waals surface area contributed by atoms with E-state index >= 15 is 0 Å². The van der Waals surface area contributed by atoms with Crippen molar-refractivity contribution in [1.29, 1.82) is 0 Å². The Morgan fingerprint density at radius 1 is 1.10 bits per heavy atom. The number of rotatable bonds is 3. The van der Waals surface area contributed by atoms with Crippen LogP contribution in [0.4, 0.5) is 18.9 Å². The Morgan fingerprint density at radius 3 is 2.45 bits per heavy atom. The van der Waals surface area contributed by atoms with Crippen LogP contribution < -0.4 is 4.72 Å². The zero-order valence-corrected chi connectivity index (χ0v) is 11.0. The molecule has 0 radical (unpaired) electrons. The third-order valence-electron chi connectivity index (χ3n) is 2.47. The summed E-state index contributed by atoms with van der Waals surface area (Å²) < 4.78 is 65.8. The van der Waals surface area contributed by atoms with Gasteiger partial charge < -0.3 is 0 Å². The van der Waals surface area contributed by atoms with Gasteiger partial charge in [-0.15, -0.1) is 0 Å². The molecule has 0 saturated carbocycles. The number of aromatic nitrogens is 1. The highest BCUT2D eigenvalue weighted by Gasteiger charge is 2.22. The highest BCUT2D eigenvalue weighted by Crippen LogP contribution is 2.22. The van der Waals surface area contributed by atoms with Crippen LogP contribution in [0.3, 0.4) is 0 Å². The number of nitrogens with zero attached hydrogens (tertiary/aromatic N) is 1. The van der Waals surface area contributed by atoms with E-state index < -0.39 is 38.2 Å². The number of anilines is 1. The Balaban J connectivity index is 2.44. The predicted molar refractivity (Wildman–Crippen MR) is 66.1 cm³/mol. The summed E-state index contributed by atoms with van der Waals surface area (Å²) in [5.41, 5.74) is -0.590. The quantitative estimate of drug-likeness (QED) is 0.948. The third-order valence-corrected chi connectivity index (χ3v) is 3.77. The summed E-state index contributed by atoms with van der Waals surface area (Å²) in [6, 6.07) is 3.62. The second-order valence-corrected chi connectivity index (χ2v) is 5.57. The van der Waals surface area contributed by atoms with Crippen LogP contribution in [-0.2, 0) is 10.0 Å². The molecule has 20 heavy (non-hydrogen) atoms. The second kappa shape index (κ2) is 5.12. The standard InChI is InChI=1S/C12H9F3N2O2S/c1-7-5-10(15)11(6-9(7)14)17-20(18,19)12-8(13)3-2-4-16-12/h2-6,17H,1H3. The average Bonchev–Trinajstić information content (AvgIpc) is 2.36. The van der Waals surface area contributed by atoms with Crippen LogP contribution in [0.15, 0.2) is 35.5 Å². The van der Waals surface area contributed by atoms with E-state index in [1.54, 1.807) is 4.72 Å². The summed E-state index contributed by atoms with van der Waals surface area (Å²) in [6.45, 7) is 1.33. The van der Waals surface area contributed by atoms with Crippen molar-refractivity contribution in [3.63, 3.8) is 0 Å². The number of benzene rings is 1. The molecule has 0 bridgehead atoms. The lowest BCUT2D eigenvalue weighted by molar-refractivity contribution is 0.555. The number of nitrogens with one attached hydrogen (secondary N) is 1. The monoisotopic (exact) mass is 302 g/mol.